The molecule has 0 saturated heterocycles. The van der Waals surface area contributed by atoms with Crippen molar-refractivity contribution >= 4 is 22.9 Å². The molecule has 1 atom stereocenters. The molecule has 0 radical (unpaired) electrons. The van der Waals surface area contributed by atoms with Crippen LogP contribution in [0.5, 0.6) is 5.75 Å². The zero-order valence-corrected chi connectivity index (χ0v) is 12.8. The molecular formula is C15H18ClNOS. The Morgan fingerprint density at radius 3 is 2.84 bits per heavy atom. The van der Waals surface area contributed by atoms with E-state index in [4.69, 9.17) is 16.3 Å². The van der Waals surface area contributed by atoms with Crippen LogP contribution < -0.4 is 4.74 Å². The van der Waals surface area contributed by atoms with Crippen LogP contribution in [0.4, 0.5) is 0 Å². The number of aryl methyl sites for hydroxylation is 1. The van der Waals surface area contributed by atoms with Crippen LogP contribution in [-0.2, 0) is 12.8 Å². The Kier molecular flexibility index (Phi) is 5.23. The molecule has 0 aliphatic rings. The van der Waals surface area contributed by atoms with Crippen LogP contribution in [0.1, 0.15) is 16.3 Å². The third-order valence-electron chi connectivity index (χ3n) is 3.01. The molecule has 2 aromatic rings. The molecule has 2 rings (SSSR count). The quantitative estimate of drug-likeness (QED) is 0.749. The van der Waals surface area contributed by atoms with Gasteiger partial charge in [-0.25, -0.2) is 4.98 Å². The summed E-state index contributed by atoms with van der Waals surface area (Å²) in [6, 6.07) is 8.18. The highest BCUT2D eigenvalue weighted by Crippen LogP contribution is 2.21. The predicted molar refractivity (Wildman–Crippen MR) is 81.5 cm³/mol. The van der Waals surface area contributed by atoms with E-state index in [2.05, 4.69) is 22.5 Å². The molecule has 0 aliphatic carbocycles. The third-order valence-corrected chi connectivity index (χ3v) is 4.43. The topological polar surface area (TPSA) is 22.1 Å². The lowest BCUT2D eigenvalue weighted by Gasteiger charge is -2.13. The average molecular weight is 296 g/mol. The molecule has 1 aromatic heterocycles. The van der Waals surface area contributed by atoms with E-state index in [9.17, 15) is 0 Å². The number of hydrogen-bond donors (Lipinski definition) is 0. The van der Waals surface area contributed by atoms with E-state index in [0.717, 1.165) is 24.3 Å². The first-order chi connectivity index (χ1) is 9.21. The molecular weight excluding hydrogens is 278 g/mol. The predicted octanol–water partition coefficient (Wildman–Crippen LogP) is 4.10. The summed E-state index contributed by atoms with van der Waals surface area (Å²) in [4.78, 5) is 4.51. The molecule has 0 fully saturated rings. The van der Waals surface area contributed by atoms with Crippen molar-refractivity contribution in [2.45, 2.75) is 19.8 Å². The van der Waals surface area contributed by atoms with E-state index < -0.39 is 0 Å². The molecule has 0 bridgehead atoms. The summed E-state index contributed by atoms with van der Waals surface area (Å²) in [5.41, 5.74) is 2.35. The van der Waals surface area contributed by atoms with Gasteiger partial charge in [-0.15, -0.1) is 22.9 Å². The van der Waals surface area contributed by atoms with E-state index in [1.165, 1.54) is 10.6 Å². The van der Waals surface area contributed by atoms with E-state index in [1.807, 2.05) is 19.1 Å². The number of ether oxygens (including phenoxy) is 1. The molecule has 1 heterocycles. The van der Waals surface area contributed by atoms with Crippen molar-refractivity contribution < 1.29 is 4.74 Å². The molecule has 0 spiro atoms. The number of hydrogen-bond acceptors (Lipinski definition) is 3. The number of nitrogens with zero attached hydrogens (tertiary/aromatic N) is 1. The third kappa shape index (κ3) is 4.22. The van der Waals surface area contributed by atoms with Gasteiger partial charge in [0.05, 0.1) is 12.1 Å². The standard InChI is InChI=1S/C15H18ClNOS/c1-11-10-19-15(17-11)8-13(9-16)6-12-4-3-5-14(7-12)18-2/h3-5,7,10,13H,6,8-9H2,1-2H3. The fraction of sp³-hybridized carbons (Fsp3) is 0.400. The molecule has 2 nitrogen and oxygen atoms in total. The van der Waals surface area contributed by atoms with Crippen molar-refractivity contribution in [2.24, 2.45) is 5.92 Å². The summed E-state index contributed by atoms with van der Waals surface area (Å²) < 4.78 is 5.25. The number of alkyl halides is 1. The maximum absolute atomic E-state index is 6.09. The molecule has 0 aliphatic heterocycles. The number of benzene rings is 1. The first-order valence-electron chi connectivity index (χ1n) is 6.31. The Morgan fingerprint density at radius 2 is 2.21 bits per heavy atom. The zero-order valence-electron chi connectivity index (χ0n) is 11.2. The largest absolute Gasteiger partial charge is 0.497 e. The van der Waals surface area contributed by atoms with Crippen LogP contribution in [0.2, 0.25) is 0 Å². The number of methoxy groups -OCH3 is 1. The highest BCUT2D eigenvalue weighted by atomic mass is 35.5. The highest BCUT2D eigenvalue weighted by Gasteiger charge is 2.12. The SMILES string of the molecule is COc1cccc(CC(CCl)Cc2nc(C)cs2)c1. The fourth-order valence-corrected chi connectivity index (χ4v) is 3.16. The summed E-state index contributed by atoms with van der Waals surface area (Å²) in [6.07, 6.45) is 1.90. The number of aromatic nitrogens is 1. The Hall–Kier alpha value is -1.06. The molecule has 0 N–H and O–H groups in total. The van der Waals surface area contributed by atoms with Crippen molar-refractivity contribution in [1.29, 1.82) is 0 Å². The fourth-order valence-electron chi connectivity index (χ4n) is 2.06. The lowest BCUT2D eigenvalue weighted by atomic mass is 9.98. The van der Waals surface area contributed by atoms with Crippen LogP contribution in [0, 0.1) is 12.8 Å². The minimum absolute atomic E-state index is 0.416. The Labute approximate surface area is 123 Å². The van der Waals surface area contributed by atoms with Gasteiger partial charge in [0.15, 0.2) is 0 Å². The molecule has 1 aromatic carbocycles. The lowest BCUT2D eigenvalue weighted by molar-refractivity contribution is 0.414. The molecule has 0 saturated carbocycles. The molecule has 1 unspecified atom stereocenters. The van der Waals surface area contributed by atoms with Gasteiger partial charge in [0.25, 0.3) is 0 Å². The molecule has 19 heavy (non-hydrogen) atoms. The minimum atomic E-state index is 0.416. The maximum Gasteiger partial charge on any atom is 0.119 e. The van der Waals surface area contributed by atoms with Crippen molar-refractivity contribution in [3.8, 4) is 5.75 Å². The monoisotopic (exact) mass is 295 g/mol. The lowest BCUT2D eigenvalue weighted by Crippen LogP contribution is -2.10. The molecule has 0 amide bonds. The Balaban J connectivity index is 2.01. The summed E-state index contributed by atoms with van der Waals surface area (Å²) in [5.74, 6) is 1.96. The summed E-state index contributed by atoms with van der Waals surface area (Å²) in [6.45, 7) is 2.03. The van der Waals surface area contributed by atoms with Gasteiger partial charge in [0.2, 0.25) is 0 Å². The zero-order chi connectivity index (χ0) is 13.7. The number of halogens is 1. The van der Waals surface area contributed by atoms with Crippen molar-refractivity contribution in [3.05, 3.63) is 45.9 Å². The van der Waals surface area contributed by atoms with Crippen molar-refractivity contribution in [2.75, 3.05) is 13.0 Å². The van der Waals surface area contributed by atoms with Gasteiger partial charge in [-0.2, -0.15) is 0 Å². The summed E-state index contributed by atoms with van der Waals surface area (Å²) in [7, 11) is 1.69. The van der Waals surface area contributed by atoms with Crippen LogP contribution >= 0.6 is 22.9 Å². The highest BCUT2D eigenvalue weighted by molar-refractivity contribution is 7.09. The average Bonchev–Trinajstić information content (AvgIpc) is 2.83. The number of thiazole rings is 1. The second-order valence-corrected chi connectivity index (χ2v) is 5.91. The normalized spacial score (nSPS) is 12.4. The van der Waals surface area contributed by atoms with Gasteiger partial charge in [0.1, 0.15) is 5.75 Å². The van der Waals surface area contributed by atoms with Gasteiger partial charge in [-0.3, -0.25) is 0 Å². The van der Waals surface area contributed by atoms with Gasteiger partial charge in [-0.05, 0) is 37.0 Å². The van der Waals surface area contributed by atoms with Crippen LogP contribution in [-0.4, -0.2) is 18.0 Å². The van der Waals surface area contributed by atoms with E-state index in [1.54, 1.807) is 18.4 Å². The second-order valence-electron chi connectivity index (χ2n) is 4.66. The second kappa shape index (κ2) is 6.92. The van der Waals surface area contributed by atoms with Crippen LogP contribution in [0.3, 0.4) is 0 Å². The van der Waals surface area contributed by atoms with Gasteiger partial charge >= 0.3 is 0 Å². The van der Waals surface area contributed by atoms with E-state index in [0.29, 0.717) is 11.8 Å². The maximum atomic E-state index is 6.09. The van der Waals surface area contributed by atoms with Gasteiger partial charge < -0.3 is 4.74 Å². The van der Waals surface area contributed by atoms with E-state index in [-0.39, 0.29) is 0 Å². The minimum Gasteiger partial charge on any atom is -0.497 e. The van der Waals surface area contributed by atoms with Crippen LogP contribution in [0.25, 0.3) is 0 Å². The Bertz CT molecular complexity index is 526. The summed E-state index contributed by atoms with van der Waals surface area (Å²) >= 11 is 7.81. The van der Waals surface area contributed by atoms with Crippen molar-refractivity contribution in [3.63, 3.8) is 0 Å². The van der Waals surface area contributed by atoms with Gasteiger partial charge in [-0.1, -0.05) is 12.1 Å². The van der Waals surface area contributed by atoms with Crippen molar-refractivity contribution in [1.82, 2.24) is 4.98 Å². The van der Waals surface area contributed by atoms with Gasteiger partial charge in [0, 0.05) is 23.4 Å². The van der Waals surface area contributed by atoms with E-state index >= 15 is 0 Å². The molecule has 102 valence electrons. The Morgan fingerprint density at radius 1 is 1.37 bits per heavy atom. The first-order valence-corrected chi connectivity index (χ1v) is 7.72. The van der Waals surface area contributed by atoms with Crippen LogP contribution in [0.15, 0.2) is 29.6 Å². The smallest absolute Gasteiger partial charge is 0.119 e. The first kappa shape index (κ1) is 14.4. The number of rotatable bonds is 6. The summed E-state index contributed by atoms with van der Waals surface area (Å²) in [5, 5.41) is 3.26. The molecule has 4 heteroatoms.